The van der Waals surface area contributed by atoms with E-state index in [1.807, 2.05) is 40.7 Å². The third-order valence-electron chi connectivity index (χ3n) is 0.792. The lowest BCUT2D eigenvalue weighted by atomic mass is 10.5. The van der Waals surface area contributed by atoms with Gasteiger partial charge in [-0.3, -0.25) is 0 Å². The molecule has 0 amide bonds. The Labute approximate surface area is 74.8 Å². The van der Waals surface area contributed by atoms with Gasteiger partial charge in [0.25, 0.3) is 0 Å². The Morgan fingerprint density at radius 3 is 1.73 bits per heavy atom. The number of nitrogens with one attached hydrogen (secondary N) is 1. The van der Waals surface area contributed by atoms with Gasteiger partial charge < -0.3 is 4.98 Å². The second-order valence-corrected chi connectivity index (χ2v) is 1.94. The molecule has 1 nitrogen and oxygen atoms in total. The van der Waals surface area contributed by atoms with Gasteiger partial charge in [-0.25, -0.2) is 0 Å². The van der Waals surface area contributed by atoms with Crippen molar-refractivity contribution in [2.45, 2.75) is 34.6 Å². The predicted octanol–water partition coefficient (Wildman–Crippen LogP) is 4.03. The van der Waals surface area contributed by atoms with E-state index in [4.69, 9.17) is 11.6 Å². The van der Waals surface area contributed by atoms with Crippen molar-refractivity contribution in [3.8, 4) is 0 Å². The average molecular weight is 176 g/mol. The standard InChI is InChI=1S/C5H6ClN.2C2H6/c1-4-2-5(6)3-7-4;2*1-2/h2-3,7H,1H3;2*1-2H3. The number of rotatable bonds is 0. The Hall–Kier alpha value is -0.430. The lowest BCUT2D eigenvalue weighted by molar-refractivity contribution is 1.27. The third-order valence-corrected chi connectivity index (χ3v) is 1.01. The SMILES string of the molecule is CC.CC.Cc1cc(Cl)c[nH]1. The molecule has 1 N–H and O–H groups in total. The highest BCUT2D eigenvalue weighted by Gasteiger charge is 1.85. The van der Waals surface area contributed by atoms with Crippen molar-refractivity contribution in [1.29, 1.82) is 0 Å². The highest BCUT2D eigenvalue weighted by molar-refractivity contribution is 6.30. The van der Waals surface area contributed by atoms with Crippen LogP contribution in [0.4, 0.5) is 0 Å². The van der Waals surface area contributed by atoms with Crippen LogP contribution in [0.25, 0.3) is 0 Å². The molecular weight excluding hydrogens is 158 g/mol. The number of aromatic amines is 1. The maximum absolute atomic E-state index is 5.53. The smallest absolute Gasteiger partial charge is 0.0583 e. The largest absolute Gasteiger partial charge is 0.364 e. The van der Waals surface area contributed by atoms with Crippen LogP contribution < -0.4 is 0 Å². The molecule has 1 rings (SSSR count). The van der Waals surface area contributed by atoms with Gasteiger partial charge in [0.2, 0.25) is 0 Å². The molecule has 0 bridgehead atoms. The van der Waals surface area contributed by atoms with Crippen LogP contribution in [0.2, 0.25) is 5.02 Å². The summed E-state index contributed by atoms with van der Waals surface area (Å²) in [6.45, 7) is 9.96. The Bertz CT molecular complexity index is 142. The summed E-state index contributed by atoms with van der Waals surface area (Å²) in [5.41, 5.74) is 1.10. The summed E-state index contributed by atoms with van der Waals surface area (Å²) in [5.74, 6) is 0. The lowest BCUT2D eigenvalue weighted by Gasteiger charge is -1.70. The average Bonchev–Trinajstić information content (AvgIpc) is 2.43. The molecule has 0 unspecified atom stereocenters. The summed E-state index contributed by atoms with van der Waals surface area (Å²) in [4.78, 5) is 2.94. The van der Waals surface area contributed by atoms with Gasteiger partial charge in [-0.1, -0.05) is 39.3 Å². The maximum Gasteiger partial charge on any atom is 0.0583 e. The molecule has 0 fully saturated rings. The van der Waals surface area contributed by atoms with Crippen LogP contribution in [-0.4, -0.2) is 4.98 Å². The Morgan fingerprint density at radius 1 is 1.18 bits per heavy atom. The van der Waals surface area contributed by atoms with Gasteiger partial charge in [0, 0.05) is 11.9 Å². The normalized spacial score (nSPS) is 7.09. The van der Waals surface area contributed by atoms with Crippen LogP contribution in [0, 0.1) is 6.92 Å². The quantitative estimate of drug-likeness (QED) is 0.613. The molecule has 0 aliphatic rings. The van der Waals surface area contributed by atoms with E-state index in [1.165, 1.54) is 0 Å². The zero-order chi connectivity index (χ0) is 9.28. The molecule has 0 saturated heterocycles. The molecule has 0 aromatic carbocycles. The van der Waals surface area contributed by atoms with Crippen LogP contribution in [0.15, 0.2) is 12.3 Å². The first kappa shape index (κ1) is 13.2. The number of H-pyrrole nitrogens is 1. The fraction of sp³-hybridized carbons (Fsp3) is 0.556. The van der Waals surface area contributed by atoms with E-state index in [9.17, 15) is 0 Å². The fourth-order valence-corrected chi connectivity index (χ4v) is 0.691. The van der Waals surface area contributed by atoms with Gasteiger partial charge in [-0.15, -0.1) is 0 Å². The lowest BCUT2D eigenvalue weighted by Crippen LogP contribution is -1.59. The zero-order valence-corrected chi connectivity index (χ0v) is 8.79. The summed E-state index contributed by atoms with van der Waals surface area (Å²) < 4.78 is 0. The molecule has 0 aliphatic heterocycles. The minimum absolute atomic E-state index is 0.775. The van der Waals surface area contributed by atoms with Gasteiger partial charge in [-0.2, -0.15) is 0 Å². The highest BCUT2D eigenvalue weighted by Crippen LogP contribution is 2.06. The van der Waals surface area contributed by atoms with Crippen molar-refractivity contribution >= 4 is 11.6 Å². The number of aryl methyl sites for hydroxylation is 1. The third kappa shape index (κ3) is 7.47. The molecular formula is C9H18ClN. The van der Waals surface area contributed by atoms with Crippen molar-refractivity contribution in [3.05, 3.63) is 23.0 Å². The van der Waals surface area contributed by atoms with E-state index in [-0.39, 0.29) is 0 Å². The Morgan fingerprint density at radius 2 is 1.64 bits per heavy atom. The minimum Gasteiger partial charge on any atom is -0.364 e. The maximum atomic E-state index is 5.53. The van der Waals surface area contributed by atoms with Gasteiger partial charge in [0.05, 0.1) is 5.02 Å². The minimum atomic E-state index is 0.775. The second kappa shape index (κ2) is 9.57. The molecule has 0 spiro atoms. The molecule has 66 valence electrons. The number of halogens is 1. The molecule has 11 heavy (non-hydrogen) atoms. The second-order valence-electron chi connectivity index (χ2n) is 1.50. The monoisotopic (exact) mass is 175 g/mol. The predicted molar refractivity (Wildman–Crippen MR) is 53.2 cm³/mol. The van der Waals surface area contributed by atoms with Gasteiger partial charge in [0.1, 0.15) is 0 Å². The van der Waals surface area contributed by atoms with Crippen LogP contribution in [0.5, 0.6) is 0 Å². The van der Waals surface area contributed by atoms with Crippen LogP contribution in [-0.2, 0) is 0 Å². The number of hydrogen-bond acceptors (Lipinski definition) is 0. The van der Waals surface area contributed by atoms with E-state index in [2.05, 4.69) is 4.98 Å². The van der Waals surface area contributed by atoms with E-state index >= 15 is 0 Å². The van der Waals surface area contributed by atoms with Crippen LogP contribution >= 0.6 is 11.6 Å². The molecule has 0 atom stereocenters. The van der Waals surface area contributed by atoms with Crippen molar-refractivity contribution in [2.75, 3.05) is 0 Å². The first-order valence-corrected chi connectivity index (χ1v) is 4.47. The highest BCUT2D eigenvalue weighted by atomic mass is 35.5. The number of aromatic nitrogens is 1. The molecule has 1 aromatic heterocycles. The zero-order valence-electron chi connectivity index (χ0n) is 8.03. The van der Waals surface area contributed by atoms with Crippen molar-refractivity contribution in [3.63, 3.8) is 0 Å². The first-order chi connectivity index (χ1) is 5.29. The summed E-state index contributed by atoms with van der Waals surface area (Å²) in [7, 11) is 0. The van der Waals surface area contributed by atoms with Crippen molar-refractivity contribution < 1.29 is 0 Å². The topological polar surface area (TPSA) is 15.8 Å². The van der Waals surface area contributed by atoms with Crippen molar-refractivity contribution in [1.82, 2.24) is 4.98 Å². The van der Waals surface area contributed by atoms with Crippen molar-refractivity contribution in [2.24, 2.45) is 0 Å². The molecule has 0 saturated carbocycles. The van der Waals surface area contributed by atoms with E-state index < -0.39 is 0 Å². The van der Waals surface area contributed by atoms with Gasteiger partial charge in [0.15, 0.2) is 0 Å². The number of hydrogen-bond donors (Lipinski definition) is 1. The summed E-state index contributed by atoms with van der Waals surface area (Å²) >= 11 is 5.53. The molecule has 2 heteroatoms. The summed E-state index contributed by atoms with van der Waals surface area (Å²) in [5, 5.41) is 0.775. The molecule has 1 heterocycles. The summed E-state index contributed by atoms with van der Waals surface area (Å²) in [6.07, 6.45) is 1.76. The first-order valence-electron chi connectivity index (χ1n) is 4.09. The van der Waals surface area contributed by atoms with Gasteiger partial charge in [-0.05, 0) is 13.0 Å². The van der Waals surface area contributed by atoms with Crippen LogP contribution in [0.3, 0.4) is 0 Å². The van der Waals surface area contributed by atoms with E-state index in [1.54, 1.807) is 6.20 Å². The van der Waals surface area contributed by atoms with Gasteiger partial charge >= 0.3 is 0 Å². The van der Waals surface area contributed by atoms with E-state index in [0.29, 0.717) is 0 Å². The fourth-order valence-electron chi connectivity index (χ4n) is 0.473. The molecule has 0 radical (unpaired) electrons. The van der Waals surface area contributed by atoms with Crippen LogP contribution in [0.1, 0.15) is 33.4 Å². The molecule has 1 aromatic rings. The van der Waals surface area contributed by atoms with E-state index in [0.717, 1.165) is 10.7 Å². The Balaban J connectivity index is 0. The molecule has 0 aliphatic carbocycles. The summed E-state index contributed by atoms with van der Waals surface area (Å²) in [6, 6.07) is 1.88. The Kier molecular flexibility index (Phi) is 11.5.